The average Bonchev–Trinajstić information content (AvgIpc) is 2.27. The Bertz CT molecular complexity index is 130. The molecule has 0 amide bonds. The van der Waals surface area contributed by atoms with E-state index in [4.69, 9.17) is 0 Å². The molecule has 0 N–H and O–H groups in total. The number of hydrogen-bond donors (Lipinski definition) is 0. The highest BCUT2D eigenvalue weighted by atomic mass is 79.9. The van der Waals surface area contributed by atoms with Gasteiger partial charge >= 0.3 is 0 Å². The Morgan fingerprint density at radius 1 is 0.688 bits per heavy atom. The van der Waals surface area contributed by atoms with Crippen LogP contribution in [0.1, 0.15) is 53.4 Å². The number of rotatable bonds is 10. The Morgan fingerprint density at radius 2 is 0.938 bits per heavy atom. The third-order valence-corrected chi connectivity index (χ3v) is 13.4. The summed E-state index contributed by atoms with van der Waals surface area (Å²) in [7, 11) is 0.522. The van der Waals surface area contributed by atoms with Crippen LogP contribution in [0.5, 0.6) is 0 Å². The van der Waals surface area contributed by atoms with Crippen molar-refractivity contribution in [2.45, 2.75) is 53.4 Å². The molecule has 0 heterocycles. The van der Waals surface area contributed by atoms with E-state index in [9.17, 15) is 0 Å². The minimum absolute atomic E-state index is 0.261. The molecule has 0 unspecified atom stereocenters. The highest BCUT2D eigenvalue weighted by Crippen LogP contribution is 2.58. The first-order valence-corrected chi connectivity index (χ1v) is 11.3. The van der Waals surface area contributed by atoms with Gasteiger partial charge in [0.25, 0.3) is 4.98 Å². The smallest absolute Gasteiger partial charge is 0.143 e. The molecule has 0 aliphatic carbocycles. The fourth-order valence-electron chi connectivity index (χ4n) is 2.03. The van der Waals surface area contributed by atoms with Gasteiger partial charge in [-0.2, -0.15) is 0 Å². The monoisotopic (exact) mass is 324 g/mol. The van der Waals surface area contributed by atoms with E-state index < -0.39 is 0 Å². The first kappa shape index (κ1) is 17.4. The van der Waals surface area contributed by atoms with Crippen LogP contribution in [0, 0.1) is 0 Å². The van der Waals surface area contributed by atoms with Gasteiger partial charge in [0.2, 0.25) is 0 Å². The molecule has 0 radical (unpaired) electrons. The first-order chi connectivity index (χ1) is 7.71. The Balaban J connectivity index is 4.31. The molecule has 96 valence electrons. The topological polar surface area (TPSA) is 0 Å². The van der Waals surface area contributed by atoms with Gasteiger partial charge in [-0.05, 0) is 24.6 Å². The van der Waals surface area contributed by atoms with Crippen LogP contribution < -0.4 is 0 Å². The van der Waals surface area contributed by atoms with Gasteiger partial charge < -0.3 is 0 Å². The Kier molecular flexibility index (Phi) is 12.5. The van der Waals surface area contributed by atoms with E-state index in [0.29, 0.717) is 0 Å². The summed E-state index contributed by atoms with van der Waals surface area (Å²) in [6.45, 7) is 9.36. The third-order valence-electron chi connectivity index (χ3n) is 2.65. The predicted molar refractivity (Wildman–Crippen MR) is 89.2 cm³/mol. The summed E-state index contributed by atoms with van der Waals surface area (Å²) in [4.78, 5) is 0.886. The van der Waals surface area contributed by atoms with Crippen LogP contribution in [0.25, 0.3) is 0 Å². The van der Waals surface area contributed by atoms with Crippen LogP contribution in [0.2, 0.25) is 0 Å². The lowest BCUT2D eigenvalue weighted by atomic mass is 10.6. The van der Waals surface area contributed by atoms with Gasteiger partial charge in [-0.1, -0.05) is 53.4 Å². The number of halogens is 1. The minimum atomic E-state index is 0.261. The quantitative estimate of drug-likeness (QED) is 0.343. The molecule has 0 saturated heterocycles. The zero-order chi connectivity index (χ0) is 12.4. The van der Waals surface area contributed by atoms with Gasteiger partial charge in [-0.25, -0.2) is 0 Å². The fourth-order valence-corrected chi connectivity index (χ4v) is 11.3. The lowest BCUT2D eigenvalue weighted by molar-refractivity contribution is 1.06. The summed E-state index contributed by atoms with van der Waals surface area (Å²) in [5.41, 5.74) is 0. The highest BCUT2D eigenvalue weighted by Gasteiger charge is 2.28. The van der Waals surface area contributed by atoms with E-state index in [0.717, 1.165) is 4.98 Å². The Hall–Kier alpha value is 1.40. The molecule has 0 aromatic rings. The standard InChI is InChI=1S/C12H28BBrP2/c1-5-9-15(10-6-2)13(14)16(11-7-3)12-8-4/h5-12H2,1-4H3. The average molecular weight is 325 g/mol. The zero-order valence-corrected chi connectivity index (χ0v) is 14.9. The molecule has 0 aromatic heterocycles. The Morgan fingerprint density at radius 3 is 1.12 bits per heavy atom. The molecule has 0 rings (SSSR count). The summed E-state index contributed by atoms with van der Waals surface area (Å²) in [5.74, 6) is 0. The summed E-state index contributed by atoms with van der Waals surface area (Å²) in [6, 6.07) is 0. The van der Waals surface area contributed by atoms with Crippen LogP contribution in [-0.4, -0.2) is 29.6 Å². The van der Waals surface area contributed by atoms with Gasteiger partial charge in [0.15, 0.2) is 0 Å². The normalized spacial score (nSPS) is 11.4. The van der Waals surface area contributed by atoms with Crippen LogP contribution >= 0.6 is 31.4 Å². The molecule has 0 fully saturated rings. The molecule has 0 spiro atoms. The van der Waals surface area contributed by atoms with Crippen LogP contribution in [0.15, 0.2) is 0 Å². The van der Waals surface area contributed by atoms with Gasteiger partial charge in [0.05, 0.1) is 0 Å². The van der Waals surface area contributed by atoms with E-state index in [1.165, 1.54) is 50.3 Å². The van der Waals surface area contributed by atoms with E-state index in [2.05, 4.69) is 43.5 Å². The van der Waals surface area contributed by atoms with E-state index in [1.54, 1.807) is 0 Å². The SMILES string of the molecule is CCCP(CCC)B(Br)P(CCC)CCC. The van der Waals surface area contributed by atoms with Crippen molar-refractivity contribution in [1.29, 1.82) is 0 Å². The fraction of sp³-hybridized carbons (Fsp3) is 1.00. The molecule has 0 aromatic carbocycles. The summed E-state index contributed by atoms with van der Waals surface area (Å²) in [5, 5.41) is 0. The van der Waals surface area contributed by atoms with E-state index in [1.807, 2.05) is 0 Å². The molecular weight excluding hydrogens is 297 g/mol. The molecular formula is C12H28BBrP2. The number of hydrogen-bond acceptors (Lipinski definition) is 0. The Labute approximate surface area is 114 Å². The lowest BCUT2D eigenvalue weighted by Gasteiger charge is -2.28. The molecule has 0 bridgehead atoms. The molecule has 0 aliphatic rings. The second-order valence-electron chi connectivity index (χ2n) is 4.38. The van der Waals surface area contributed by atoms with Crippen molar-refractivity contribution in [3.63, 3.8) is 0 Å². The van der Waals surface area contributed by atoms with E-state index in [-0.39, 0.29) is 15.6 Å². The second kappa shape index (κ2) is 11.5. The molecule has 0 atom stereocenters. The second-order valence-corrected chi connectivity index (χ2v) is 12.3. The van der Waals surface area contributed by atoms with Crippen LogP contribution in [0.4, 0.5) is 0 Å². The van der Waals surface area contributed by atoms with Crippen LogP contribution in [0.3, 0.4) is 0 Å². The van der Waals surface area contributed by atoms with Gasteiger partial charge in [-0.3, -0.25) is 0 Å². The van der Waals surface area contributed by atoms with Crippen LogP contribution in [-0.2, 0) is 0 Å². The van der Waals surface area contributed by atoms with Gasteiger partial charge in [0.1, 0.15) is 0 Å². The van der Waals surface area contributed by atoms with Crippen molar-refractivity contribution < 1.29 is 0 Å². The highest BCUT2D eigenvalue weighted by molar-refractivity contribution is 9.31. The van der Waals surface area contributed by atoms with Gasteiger partial charge in [-0.15, -0.1) is 31.4 Å². The van der Waals surface area contributed by atoms with Crippen molar-refractivity contribution >= 4 is 36.3 Å². The molecule has 0 aliphatic heterocycles. The van der Waals surface area contributed by atoms with Crippen molar-refractivity contribution in [3.05, 3.63) is 0 Å². The summed E-state index contributed by atoms with van der Waals surface area (Å²) in [6.07, 6.45) is 11.4. The summed E-state index contributed by atoms with van der Waals surface area (Å²) >= 11 is 4.07. The molecule has 0 saturated carbocycles. The maximum absolute atomic E-state index is 4.07. The largest absolute Gasteiger partial charge is 0.278 e. The van der Waals surface area contributed by atoms with Gasteiger partial charge in [0, 0.05) is 0 Å². The molecule has 4 heteroatoms. The van der Waals surface area contributed by atoms with Crippen molar-refractivity contribution in [2.24, 2.45) is 0 Å². The van der Waals surface area contributed by atoms with E-state index >= 15 is 0 Å². The maximum atomic E-state index is 4.07. The molecule has 0 nitrogen and oxygen atoms in total. The van der Waals surface area contributed by atoms with Crippen molar-refractivity contribution in [3.8, 4) is 0 Å². The predicted octanol–water partition coefficient (Wildman–Crippen LogP) is 5.97. The lowest BCUT2D eigenvalue weighted by Crippen LogP contribution is -2.09. The molecule has 16 heavy (non-hydrogen) atoms. The summed E-state index contributed by atoms with van der Waals surface area (Å²) < 4.78 is 0. The third kappa shape index (κ3) is 6.98. The van der Waals surface area contributed by atoms with Crippen molar-refractivity contribution in [2.75, 3.05) is 24.6 Å². The maximum Gasteiger partial charge on any atom is 0.278 e. The first-order valence-electron chi connectivity index (χ1n) is 6.83. The zero-order valence-electron chi connectivity index (χ0n) is 11.5. The minimum Gasteiger partial charge on any atom is -0.143 e. The van der Waals surface area contributed by atoms with Crippen molar-refractivity contribution in [1.82, 2.24) is 0 Å².